The number of amides is 1. The molecule has 1 amide bonds. The first-order valence-electron chi connectivity index (χ1n) is 10.2. The van der Waals surface area contributed by atoms with Crippen LogP contribution in [0.5, 0.6) is 0 Å². The van der Waals surface area contributed by atoms with Crippen LogP contribution in [0.4, 0.5) is 0 Å². The molecule has 0 aliphatic carbocycles. The molecule has 3 heterocycles. The van der Waals surface area contributed by atoms with Crippen LogP contribution in [0.1, 0.15) is 30.2 Å². The van der Waals surface area contributed by atoms with E-state index in [1.54, 1.807) is 0 Å². The number of carbonyl (C=O) groups is 1. The Morgan fingerprint density at radius 3 is 2.83 bits per heavy atom. The Morgan fingerprint density at radius 1 is 1.24 bits per heavy atom. The van der Waals surface area contributed by atoms with Gasteiger partial charge < -0.3 is 9.47 Å². The number of fused-ring (bicyclic) bond motifs is 1. The molecule has 7 heteroatoms. The van der Waals surface area contributed by atoms with Gasteiger partial charge in [-0.2, -0.15) is 5.10 Å². The Labute approximate surface area is 171 Å². The molecule has 0 radical (unpaired) electrons. The van der Waals surface area contributed by atoms with E-state index >= 15 is 0 Å². The molecular weight excluding hydrogens is 364 g/mol. The number of rotatable bonds is 6. The van der Waals surface area contributed by atoms with E-state index < -0.39 is 0 Å². The highest BCUT2D eigenvalue weighted by Gasteiger charge is 2.28. The lowest BCUT2D eigenvalue weighted by atomic mass is 9.97. The second kappa shape index (κ2) is 8.19. The fraction of sp³-hybridized carbons (Fsp3) is 0.455. The molecule has 1 aliphatic heterocycles. The van der Waals surface area contributed by atoms with Crippen LogP contribution < -0.4 is 0 Å². The van der Waals surface area contributed by atoms with Crippen LogP contribution in [0.2, 0.25) is 0 Å². The Balaban J connectivity index is 1.31. The first-order valence-corrected chi connectivity index (χ1v) is 10.2. The van der Waals surface area contributed by atoms with Crippen LogP contribution in [-0.2, 0) is 31.2 Å². The van der Waals surface area contributed by atoms with E-state index in [9.17, 15) is 4.79 Å². The normalized spacial score (nSPS) is 15.9. The average Bonchev–Trinajstić information content (AvgIpc) is 3.30. The third kappa shape index (κ3) is 4.09. The van der Waals surface area contributed by atoms with Gasteiger partial charge in [-0.05, 0) is 37.8 Å². The predicted octanol–water partition coefficient (Wildman–Crippen LogP) is 2.64. The molecule has 0 N–H and O–H groups in total. The molecule has 0 spiro atoms. The Bertz CT molecular complexity index is 990. The van der Waals surface area contributed by atoms with Crippen molar-refractivity contribution in [3.63, 3.8) is 0 Å². The zero-order valence-electron chi connectivity index (χ0n) is 17.4. The smallest absolute Gasteiger partial charge is 0.227 e. The molecule has 29 heavy (non-hydrogen) atoms. The summed E-state index contributed by atoms with van der Waals surface area (Å²) in [5.74, 6) is 2.12. The van der Waals surface area contributed by atoms with Gasteiger partial charge in [0.15, 0.2) is 0 Å². The van der Waals surface area contributed by atoms with Gasteiger partial charge in [0.2, 0.25) is 5.91 Å². The van der Waals surface area contributed by atoms with Gasteiger partial charge in [0, 0.05) is 33.6 Å². The van der Waals surface area contributed by atoms with E-state index in [4.69, 9.17) is 0 Å². The lowest BCUT2D eigenvalue weighted by Gasteiger charge is -2.27. The molecule has 152 valence electrons. The van der Waals surface area contributed by atoms with E-state index in [0.29, 0.717) is 6.54 Å². The summed E-state index contributed by atoms with van der Waals surface area (Å²) in [6.45, 7) is 3.38. The number of hydrogen-bond donors (Lipinski definition) is 0. The standard InChI is InChI=1S/C22H28N6O/c1-16-23-24-21-12-11-18(15-28(16)21)22(29)26(2)13-7-10-19-14-20(27(3)25-19)17-8-5-4-6-9-17/h4-6,8-9,14,18H,7,10-13,15H2,1-3H3/t18-/m0/s1. The molecule has 1 aromatic carbocycles. The van der Waals surface area contributed by atoms with E-state index in [1.165, 1.54) is 5.56 Å². The van der Waals surface area contributed by atoms with Crippen molar-refractivity contribution in [1.82, 2.24) is 29.4 Å². The highest BCUT2D eigenvalue weighted by molar-refractivity contribution is 5.78. The fourth-order valence-corrected chi connectivity index (χ4v) is 4.11. The maximum absolute atomic E-state index is 12.9. The Hall–Kier alpha value is -2.96. The SMILES string of the molecule is Cc1nnc2n1C[C@@H](C(=O)N(C)CCCc1cc(-c3ccccc3)n(C)n1)CC2. The summed E-state index contributed by atoms with van der Waals surface area (Å²) in [5, 5.41) is 13.0. The second-order valence-corrected chi connectivity index (χ2v) is 7.88. The minimum atomic E-state index is 0.0155. The molecule has 1 aliphatic rings. The van der Waals surface area contributed by atoms with Gasteiger partial charge in [0.25, 0.3) is 0 Å². The van der Waals surface area contributed by atoms with Crippen molar-refractivity contribution in [2.24, 2.45) is 13.0 Å². The van der Waals surface area contributed by atoms with Crippen molar-refractivity contribution in [3.05, 3.63) is 53.7 Å². The summed E-state index contributed by atoms with van der Waals surface area (Å²) >= 11 is 0. The molecule has 0 fully saturated rings. The number of aromatic nitrogens is 5. The van der Waals surface area contributed by atoms with Crippen molar-refractivity contribution in [1.29, 1.82) is 0 Å². The number of carbonyl (C=O) groups excluding carboxylic acids is 1. The van der Waals surface area contributed by atoms with Crippen molar-refractivity contribution < 1.29 is 4.79 Å². The molecular formula is C22H28N6O. The first-order chi connectivity index (χ1) is 14.0. The molecule has 0 saturated heterocycles. The third-order valence-electron chi connectivity index (χ3n) is 5.78. The van der Waals surface area contributed by atoms with Crippen molar-refractivity contribution in [3.8, 4) is 11.3 Å². The van der Waals surface area contributed by atoms with Crippen LogP contribution in [0.3, 0.4) is 0 Å². The zero-order chi connectivity index (χ0) is 20.4. The van der Waals surface area contributed by atoms with E-state index in [-0.39, 0.29) is 11.8 Å². The van der Waals surface area contributed by atoms with Crippen LogP contribution in [0.25, 0.3) is 11.3 Å². The summed E-state index contributed by atoms with van der Waals surface area (Å²) in [4.78, 5) is 14.8. The molecule has 4 rings (SSSR count). The molecule has 2 aromatic heterocycles. The number of hydrogen-bond acceptors (Lipinski definition) is 4. The van der Waals surface area contributed by atoms with E-state index in [1.807, 2.05) is 48.8 Å². The lowest BCUT2D eigenvalue weighted by molar-refractivity contribution is -0.135. The van der Waals surface area contributed by atoms with Crippen molar-refractivity contribution >= 4 is 5.91 Å². The minimum absolute atomic E-state index is 0.0155. The predicted molar refractivity (Wildman–Crippen MR) is 111 cm³/mol. The lowest BCUT2D eigenvalue weighted by Crippen LogP contribution is -2.38. The quantitative estimate of drug-likeness (QED) is 0.647. The minimum Gasteiger partial charge on any atom is -0.345 e. The summed E-state index contributed by atoms with van der Waals surface area (Å²) < 4.78 is 4.01. The summed E-state index contributed by atoms with van der Waals surface area (Å²) in [6, 6.07) is 12.4. The molecule has 7 nitrogen and oxygen atoms in total. The summed E-state index contributed by atoms with van der Waals surface area (Å²) in [7, 11) is 3.89. The molecule has 3 aromatic rings. The first kappa shape index (κ1) is 19.4. The molecule has 0 bridgehead atoms. The topological polar surface area (TPSA) is 68.8 Å². The van der Waals surface area contributed by atoms with E-state index in [2.05, 4.69) is 38.1 Å². The summed E-state index contributed by atoms with van der Waals surface area (Å²) in [6.07, 6.45) is 3.43. The maximum atomic E-state index is 12.9. The summed E-state index contributed by atoms with van der Waals surface area (Å²) in [5.41, 5.74) is 3.35. The number of nitrogens with zero attached hydrogens (tertiary/aromatic N) is 6. The van der Waals surface area contributed by atoms with Crippen molar-refractivity contribution in [2.75, 3.05) is 13.6 Å². The third-order valence-corrected chi connectivity index (χ3v) is 5.78. The molecule has 1 atom stereocenters. The van der Waals surface area contributed by atoms with Crippen LogP contribution >= 0.6 is 0 Å². The highest BCUT2D eigenvalue weighted by Crippen LogP contribution is 2.22. The Kier molecular flexibility index (Phi) is 5.47. The Morgan fingerprint density at radius 2 is 2.03 bits per heavy atom. The van der Waals surface area contributed by atoms with Gasteiger partial charge in [0.05, 0.1) is 17.3 Å². The monoisotopic (exact) mass is 392 g/mol. The van der Waals surface area contributed by atoms with Gasteiger partial charge in [-0.1, -0.05) is 30.3 Å². The second-order valence-electron chi connectivity index (χ2n) is 7.88. The fourth-order valence-electron chi connectivity index (χ4n) is 4.11. The van der Waals surface area contributed by atoms with Crippen LogP contribution in [0, 0.1) is 12.8 Å². The maximum Gasteiger partial charge on any atom is 0.227 e. The van der Waals surface area contributed by atoms with Gasteiger partial charge in [-0.3, -0.25) is 9.48 Å². The number of aryl methyl sites for hydroxylation is 4. The van der Waals surface area contributed by atoms with Gasteiger partial charge in [-0.15, -0.1) is 10.2 Å². The zero-order valence-corrected chi connectivity index (χ0v) is 17.4. The van der Waals surface area contributed by atoms with Gasteiger partial charge >= 0.3 is 0 Å². The largest absolute Gasteiger partial charge is 0.345 e. The van der Waals surface area contributed by atoms with Crippen molar-refractivity contribution in [2.45, 2.75) is 39.2 Å². The van der Waals surface area contributed by atoms with E-state index in [0.717, 1.165) is 55.3 Å². The van der Waals surface area contributed by atoms with Gasteiger partial charge in [0.1, 0.15) is 11.6 Å². The molecule has 0 unspecified atom stereocenters. The van der Waals surface area contributed by atoms with Gasteiger partial charge in [-0.25, -0.2) is 0 Å². The highest BCUT2D eigenvalue weighted by atomic mass is 16.2. The van der Waals surface area contributed by atoms with Crippen LogP contribution in [0.15, 0.2) is 36.4 Å². The average molecular weight is 393 g/mol. The molecule has 0 saturated carbocycles. The van der Waals surface area contributed by atoms with Crippen LogP contribution in [-0.4, -0.2) is 48.9 Å². The number of benzene rings is 1.